The third-order valence-electron chi connectivity index (χ3n) is 7.07. The molecule has 0 spiro atoms. The maximum absolute atomic E-state index is 2.30. The largest absolute Gasteiger partial charge is 0.306 e. The first-order chi connectivity index (χ1) is 18.2. The minimum absolute atomic E-state index is 0.895. The maximum atomic E-state index is 2.30. The molecule has 0 bridgehead atoms. The molecule has 3 aromatic rings. The summed E-state index contributed by atoms with van der Waals surface area (Å²) in [6.45, 7) is 0.895. The number of benzene rings is 3. The molecule has 180 valence electrons. The van der Waals surface area contributed by atoms with Gasteiger partial charge in [0.15, 0.2) is 0 Å². The topological polar surface area (TPSA) is 3.24 Å². The first-order valence-corrected chi connectivity index (χ1v) is 12.9. The number of fused-ring (bicyclic) bond motifs is 1. The lowest BCUT2D eigenvalue weighted by molar-refractivity contribution is 0.448. The lowest BCUT2D eigenvalue weighted by Gasteiger charge is -2.42. The summed E-state index contributed by atoms with van der Waals surface area (Å²) in [6.07, 6.45) is 15.7. The molecule has 3 aliphatic carbocycles. The molecule has 0 aliphatic heterocycles. The third kappa shape index (κ3) is 4.28. The molecular weight excluding hydrogens is 446 g/mol. The fourth-order valence-corrected chi connectivity index (χ4v) is 5.59. The van der Waals surface area contributed by atoms with Crippen molar-refractivity contribution in [3.63, 3.8) is 0 Å². The van der Waals surface area contributed by atoms with E-state index in [1.54, 1.807) is 0 Å². The summed E-state index contributed by atoms with van der Waals surface area (Å²) in [5, 5.41) is 0. The Morgan fingerprint density at radius 1 is 0.595 bits per heavy atom. The number of hydrogen-bond acceptors (Lipinski definition) is 1. The Labute approximate surface area is 220 Å². The number of allylic oxidation sites excluding steroid dienone is 12. The highest BCUT2D eigenvalue weighted by molar-refractivity contribution is 6.23. The molecular formula is C36H30N-. The molecule has 0 aromatic heterocycles. The van der Waals surface area contributed by atoms with E-state index >= 15 is 0 Å². The van der Waals surface area contributed by atoms with Gasteiger partial charge in [-0.3, -0.25) is 0 Å². The average Bonchev–Trinajstić information content (AvgIpc) is 3.40. The van der Waals surface area contributed by atoms with Crippen molar-refractivity contribution in [1.29, 1.82) is 0 Å². The zero-order chi connectivity index (χ0) is 25.2. The van der Waals surface area contributed by atoms with E-state index in [0.717, 1.165) is 6.54 Å². The van der Waals surface area contributed by atoms with Crippen LogP contribution < -0.4 is 0 Å². The van der Waals surface area contributed by atoms with E-state index in [0.29, 0.717) is 0 Å². The van der Waals surface area contributed by atoms with Crippen molar-refractivity contribution in [2.75, 3.05) is 20.6 Å². The van der Waals surface area contributed by atoms with E-state index in [9.17, 15) is 0 Å². The summed E-state index contributed by atoms with van der Waals surface area (Å²) in [5.41, 5.74) is 12.8. The van der Waals surface area contributed by atoms with Gasteiger partial charge in [-0.05, 0) is 30.8 Å². The van der Waals surface area contributed by atoms with Crippen molar-refractivity contribution < 1.29 is 0 Å². The highest BCUT2D eigenvalue weighted by atomic mass is 15.0. The van der Waals surface area contributed by atoms with Crippen LogP contribution in [0.4, 0.5) is 0 Å². The summed E-state index contributed by atoms with van der Waals surface area (Å²) in [5.74, 6) is 1.28. The first kappa shape index (κ1) is 23.1. The van der Waals surface area contributed by atoms with E-state index in [-0.39, 0.29) is 0 Å². The molecule has 0 atom stereocenters. The molecule has 6 rings (SSSR count). The molecule has 0 saturated carbocycles. The Morgan fingerprint density at radius 2 is 1.16 bits per heavy atom. The van der Waals surface area contributed by atoms with Crippen LogP contribution in [0, 0.1) is 5.92 Å². The monoisotopic (exact) mass is 476 g/mol. The Morgan fingerprint density at radius 3 is 1.76 bits per heavy atom. The molecule has 3 aliphatic rings. The lowest BCUT2D eigenvalue weighted by atomic mass is 9.67. The second kappa shape index (κ2) is 9.97. The fourth-order valence-electron chi connectivity index (χ4n) is 5.59. The van der Waals surface area contributed by atoms with Crippen molar-refractivity contribution >= 4 is 16.7 Å². The molecule has 0 heterocycles. The minimum atomic E-state index is 0.895. The summed E-state index contributed by atoms with van der Waals surface area (Å²) in [7, 11) is 4.28. The minimum Gasteiger partial charge on any atom is -0.306 e. The molecule has 0 radical (unpaired) electrons. The maximum Gasteiger partial charge on any atom is 0.0175 e. The zero-order valence-corrected chi connectivity index (χ0v) is 21.4. The average molecular weight is 477 g/mol. The van der Waals surface area contributed by atoms with Crippen LogP contribution in [0.3, 0.4) is 0 Å². The fraction of sp³-hybridized carbons (Fsp3) is 0.0833. The molecule has 0 fully saturated rings. The highest BCUT2D eigenvalue weighted by Crippen LogP contribution is 2.55. The molecule has 1 heteroatoms. The number of rotatable bonds is 5. The van der Waals surface area contributed by atoms with Crippen molar-refractivity contribution in [3.8, 4) is 0 Å². The van der Waals surface area contributed by atoms with Crippen LogP contribution in [-0.2, 0) is 0 Å². The summed E-state index contributed by atoms with van der Waals surface area (Å²) < 4.78 is 0. The van der Waals surface area contributed by atoms with E-state index in [1.165, 1.54) is 61.6 Å². The zero-order valence-electron chi connectivity index (χ0n) is 21.4. The quantitative estimate of drug-likeness (QED) is 0.336. The van der Waals surface area contributed by atoms with E-state index in [1.807, 2.05) is 0 Å². The Balaban J connectivity index is 1.77. The van der Waals surface area contributed by atoms with Gasteiger partial charge in [0.1, 0.15) is 0 Å². The van der Waals surface area contributed by atoms with Gasteiger partial charge in [-0.2, -0.15) is 0 Å². The van der Waals surface area contributed by atoms with Gasteiger partial charge in [-0.15, -0.1) is 24.3 Å². The van der Waals surface area contributed by atoms with Crippen molar-refractivity contribution in [2.24, 2.45) is 0 Å². The van der Waals surface area contributed by atoms with Gasteiger partial charge in [-0.1, -0.05) is 154 Å². The standard InChI is InChI=1S/C36H30N/c1-37(2)25-29-21-14-24-30(29)36-32-23-13-12-22-31(32)33(26-15-6-3-7-16-26)34(27-17-8-4-9-18-27)35(36)28-19-10-5-11-20-28/h3-24H,25H2,1-2H3/q-1/b36-30-. The highest BCUT2D eigenvalue weighted by Gasteiger charge is 2.30. The van der Waals surface area contributed by atoms with E-state index < -0.39 is 0 Å². The molecule has 0 saturated heterocycles. The molecule has 3 aromatic carbocycles. The number of likely N-dealkylation sites (N-methyl/N-ethyl adjacent to an activating group) is 1. The van der Waals surface area contributed by atoms with Gasteiger partial charge in [0.2, 0.25) is 0 Å². The van der Waals surface area contributed by atoms with Gasteiger partial charge < -0.3 is 4.90 Å². The predicted molar refractivity (Wildman–Crippen MR) is 157 cm³/mol. The normalized spacial score (nSPS) is 18.7. The SMILES string of the molecule is CN(C)CC1=CC=C/C1=C1/C(c2ccccc2)=C(c2ccccc2)C(c2ccccc2)=C2C=CC=C[C-]21. The molecule has 0 amide bonds. The molecule has 1 nitrogen and oxygen atoms in total. The third-order valence-corrected chi connectivity index (χ3v) is 7.07. The van der Waals surface area contributed by atoms with Gasteiger partial charge >= 0.3 is 0 Å². The van der Waals surface area contributed by atoms with Crippen molar-refractivity contribution in [2.45, 2.75) is 0 Å². The second-order valence-electron chi connectivity index (χ2n) is 9.85. The van der Waals surface area contributed by atoms with Gasteiger partial charge in [0.25, 0.3) is 0 Å². The molecule has 0 N–H and O–H groups in total. The van der Waals surface area contributed by atoms with Crippen LogP contribution >= 0.6 is 0 Å². The number of hydrogen-bond donors (Lipinski definition) is 0. The van der Waals surface area contributed by atoms with E-state index in [2.05, 4.69) is 153 Å². The van der Waals surface area contributed by atoms with Crippen LogP contribution in [-0.4, -0.2) is 25.5 Å². The first-order valence-electron chi connectivity index (χ1n) is 12.9. The smallest absolute Gasteiger partial charge is 0.0175 e. The van der Waals surface area contributed by atoms with Gasteiger partial charge in [0.05, 0.1) is 0 Å². The Hall–Kier alpha value is -4.33. The Bertz CT molecular complexity index is 1520. The summed E-state index contributed by atoms with van der Waals surface area (Å²) >= 11 is 0. The van der Waals surface area contributed by atoms with Crippen LogP contribution in [0.15, 0.2) is 156 Å². The summed E-state index contributed by atoms with van der Waals surface area (Å²) in [4.78, 5) is 2.25. The van der Waals surface area contributed by atoms with Crippen LogP contribution in [0.1, 0.15) is 16.7 Å². The van der Waals surface area contributed by atoms with Crippen LogP contribution in [0.5, 0.6) is 0 Å². The van der Waals surface area contributed by atoms with Gasteiger partial charge in [-0.25, -0.2) is 0 Å². The van der Waals surface area contributed by atoms with Crippen LogP contribution in [0.2, 0.25) is 0 Å². The van der Waals surface area contributed by atoms with Gasteiger partial charge in [0, 0.05) is 6.54 Å². The summed E-state index contributed by atoms with van der Waals surface area (Å²) in [6, 6.07) is 32.7. The van der Waals surface area contributed by atoms with E-state index in [4.69, 9.17) is 0 Å². The molecule has 0 unspecified atom stereocenters. The number of nitrogens with zero attached hydrogens (tertiary/aromatic N) is 1. The Kier molecular flexibility index (Phi) is 6.22. The van der Waals surface area contributed by atoms with Crippen molar-refractivity contribution in [1.82, 2.24) is 4.90 Å². The lowest BCUT2D eigenvalue weighted by Crippen LogP contribution is -2.20. The predicted octanol–water partition coefficient (Wildman–Crippen LogP) is 8.12. The molecule has 37 heavy (non-hydrogen) atoms. The second-order valence-corrected chi connectivity index (χ2v) is 9.85. The van der Waals surface area contributed by atoms with Crippen molar-refractivity contribution in [3.05, 3.63) is 178 Å². The van der Waals surface area contributed by atoms with Crippen LogP contribution in [0.25, 0.3) is 16.7 Å².